The van der Waals surface area contributed by atoms with E-state index in [1.54, 1.807) is 0 Å². The van der Waals surface area contributed by atoms with Gasteiger partial charge in [0.25, 0.3) is 0 Å². The molecule has 1 N–H and O–H groups in total. The molecule has 2 heteroatoms. The quantitative estimate of drug-likeness (QED) is 0.728. The molecule has 0 saturated heterocycles. The van der Waals surface area contributed by atoms with Crippen LogP contribution in [0.15, 0.2) is 24.3 Å². The zero-order chi connectivity index (χ0) is 9.60. The lowest BCUT2D eigenvalue weighted by Crippen LogP contribution is -2.31. The highest BCUT2D eigenvalue weighted by Gasteiger charge is 2.36. The fourth-order valence-corrected chi connectivity index (χ4v) is 2.18. The molecule has 0 unspecified atom stereocenters. The first-order valence-electron chi connectivity index (χ1n) is 5.23. The summed E-state index contributed by atoms with van der Waals surface area (Å²) in [6, 6.07) is 8.24. The average Bonchev–Trinajstić information content (AvgIpc) is 2.57. The Morgan fingerprint density at radius 2 is 2.07 bits per heavy atom. The highest BCUT2D eigenvalue weighted by Crippen LogP contribution is 2.42. The highest BCUT2D eigenvalue weighted by atomic mass is 14.9. The van der Waals surface area contributed by atoms with E-state index in [0.29, 0.717) is 5.41 Å². The molecule has 2 nitrogen and oxygen atoms in total. The maximum Gasteiger partial charge on any atom is 0.113 e. The molecule has 1 aromatic carbocycles. The fourth-order valence-electron chi connectivity index (χ4n) is 2.18. The molecular weight excluding hydrogens is 172 g/mol. The first-order chi connectivity index (χ1) is 6.78. The number of rotatable bonds is 1. The molecule has 1 fully saturated rings. The van der Waals surface area contributed by atoms with Gasteiger partial charge < -0.3 is 4.98 Å². The summed E-state index contributed by atoms with van der Waals surface area (Å²) < 4.78 is 0. The summed E-state index contributed by atoms with van der Waals surface area (Å²) in [5.41, 5.74) is 2.57. The smallest absolute Gasteiger partial charge is 0.113 e. The number of aromatic nitrogens is 2. The highest BCUT2D eigenvalue weighted by molar-refractivity contribution is 5.75. The number of fused-ring (bicyclic) bond motifs is 1. The largest absolute Gasteiger partial charge is 0.342 e. The zero-order valence-corrected chi connectivity index (χ0v) is 8.38. The Bertz CT molecular complexity index is 433. The van der Waals surface area contributed by atoms with Gasteiger partial charge in [-0.3, -0.25) is 0 Å². The monoisotopic (exact) mass is 186 g/mol. The lowest BCUT2D eigenvalue weighted by molar-refractivity contribution is 0.258. The summed E-state index contributed by atoms with van der Waals surface area (Å²) in [6.07, 6.45) is 3.88. The Morgan fingerprint density at radius 3 is 2.71 bits per heavy atom. The molecule has 3 rings (SSSR count). The van der Waals surface area contributed by atoms with Gasteiger partial charge >= 0.3 is 0 Å². The SMILES string of the molecule is CC1(c2nc3ccccc3[nH]2)CCC1. The molecular formula is C12H14N2. The van der Waals surface area contributed by atoms with Crippen LogP contribution in [-0.4, -0.2) is 9.97 Å². The maximum absolute atomic E-state index is 4.65. The summed E-state index contributed by atoms with van der Waals surface area (Å²) in [7, 11) is 0. The van der Waals surface area contributed by atoms with Crippen LogP contribution in [0, 0.1) is 0 Å². The fraction of sp³-hybridized carbons (Fsp3) is 0.417. The van der Waals surface area contributed by atoms with Crippen LogP contribution >= 0.6 is 0 Å². The van der Waals surface area contributed by atoms with E-state index >= 15 is 0 Å². The molecule has 0 aliphatic heterocycles. The lowest BCUT2D eigenvalue weighted by atomic mass is 9.70. The number of H-pyrrole nitrogens is 1. The van der Waals surface area contributed by atoms with Crippen molar-refractivity contribution in [1.82, 2.24) is 9.97 Å². The topological polar surface area (TPSA) is 28.7 Å². The average molecular weight is 186 g/mol. The van der Waals surface area contributed by atoms with Crippen LogP contribution in [0.25, 0.3) is 11.0 Å². The van der Waals surface area contributed by atoms with Crippen LogP contribution in [0.1, 0.15) is 32.0 Å². The molecule has 1 aliphatic carbocycles. The van der Waals surface area contributed by atoms with Crippen LogP contribution in [0.3, 0.4) is 0 Å². The molecule has 0 spiro atoms. The number of benzene rings is 1. The first kappa shape index (κ1) is 8.04. The van der Waals surface area contributed by atoms with Crippen LogP contribution in [-0.2, 0) is 5.41 Å². The number of aromatic amines is 1. The minimum atomic E-state index is 0.318. The number of imidazole rings is 1. The molecule has 1 aliphatic rings. The third-order valence-electron chi connectivity index (χ3n) is 3.42. The Morgan fingerprint density at radius 1 is 1.29 bits per heavy atom. The molecule has 14 heavy (non-hydrogen) atoms. The summed E-state index contributed by atoms with van der Waals surface area (Å²) >= 11 is 0. The Kier molecular flexibility index (Phi) is 1.49. The number of nitrogens with one attached hydrogen (secondary N) is 1. The van der Waals surface area contributed by atoms with Crippen LogP contribution in [0.4, 0.5) is 0 Å². The molecule has 1 aromatic heterocycles. The van der Waals surface area contributed by atoms with E-state index < -0.39 is 0 Å². The van der Waals surface area contributed by atoms with Gasteiger partial charge in [0.05, 0.1) is 11.0 Å². The van der Waals surface area contributed by atoms with E-state index in [0.717, 1.165) is 11.0 Å². The van der Waals surface area contributed by atoms with E-state index in [4.69, 9.17) is 0 Å². The predicted molar refractivity (Wildman–Crippen MR) is 57.3 cm³/mol. The van der Waals surface area contributed by atoms with Crippen molar-refractivity contribution in [2.45, 2.75) is 31.6 Å². The summed E-state index contributed by atoms with van der Waals surface area (Å²) in [5.74, 6) is 1.17. The van der Waals surface area contributed by atoms with Gasteiger partial charge in [0, 0.05) is 5.41 Å². The molecule has 0 amide bonds. The van der Waals surface area contributed by atoms with Crippen LogP contribution < -0.4 is 0 Å². The van der Waals surface area contributed by atoms with Crippen molar-refractivity contribution in [1.29, 1.82) is 0 Å². The van der Waals surface area contributed by atoms with Crippen molar-refractivity contribution < 1.29 is 0 Å². The van der Waals surface area contributed by atoms with Crippen molar-refractivity contribution >= 4 is 11.0 Å². The normalized spacial score (nSPS) is 19.5. The van der Waals surface area contributed by atoms with Gasteiger partial charge in [-0.25, -0.2) is 4.98 Å². The van der Waals surface area contributed by atoms with E-state index in [-0.39, 0.29) is 0 Å². The molecule has 0 atom stereocenters. The van der Waals surface area contributed by atoms with Gasteiger partial charge in [0.15, 0.2) is 0 Å². The van der Waals surface area contributed by atoms with Crippen molar-refractivity contribution in [3.05, 3.63) is 30.1 Å². The van der Waals surface area contributed by atoms with Gasteiger partial charge in [-0.15, -0.1) is 0 Å². The second kappa shape index (κ2) is 2.59. The van der Waals surface area contributed by atoms with Gasteiger partial charge in [-0.2, -0.15) is 0 Å². The molecule has 0 radical (unpaired) electrons. The van der Waals surface area contributed by atoms with Gasteiger partial charge in [0.2, 0.25) is 0 Å². The van der Waals surface area contributed by atoms with E-state index in [9.17, 15) is 0 Å². The van der Waals surface area contributed by atoms with E-state index in [1.807, 2.05) is 12.1 Å². The van der Waals surface area contributed by atoms with Crippen LogP contribution in [0.2, 0.25) is 0 Å². The number of para-hydroxylation sites is 2. The molecule has 72 valence electrons. The standard InChI is InChI=1S/C12H14N2/c1-12(7-4-8-12)11-13-9-5-2-3-6-10(9)14-11/h2-3,5-6H,4,7-8H2,1H3,(H,13,14). The molecule has 1 saturated carbocycles. The first-order valence-corrected chi connectivity index (χ1v) is 5.23. The number of nitrogens with zero attached hydrogens (tertiary/aromatic N) is 1. The van der Waals surface area contributed by atoms with E-state index in [1.165, 1.54) is 25.1 Å². The lowest BCUT2D eigenvalue weighted by Gasteiger charge is -2.36. The van der Waals surface area contributed by atoms with Crippen molar-refractivity contribution in [3.63, 3.8) is 0 Å². The van der Waals surface area contributed by atoms with Crippen LogP contribution in [0.5, 0.6) is 0 Å². The Balaban J connectivity index is 2.14. The van der Waals surface area contributed by atoms with E-state index in [2.05, 4.69) is 29.0 Å². The molecule has 1 heterocycles. The minimum Gasteiger partial charge on any atom is -0.342 e. The Hall–Kier alpha value is -1.31. The second-order valence-corrected chi connectivity index (χ2v) is 4.52. The van der Waals surface area contributed by atoms with Gasteiger partial charge in [-0.05, 0) is 25.0 Å². The summed E-state index contributed by atoms with van der Waals surface area (Å²) in [5, 5.41) is 0. The van der Waals surface area contributed by atoms with Crippen molar-refractivity contribution in [3.8, 4) is 0 Å². The third-order valence-corrected chi connectivity index (χ3v) is 3.42. The summed E-state index contributed by atoms with van der Waals surface area (Å²) in [6.45, 7) is 2.30. The molecule has 0 bridgehead atoms. The number of hydrogen-bond acceptors (Lipinski definition) is 1. The Labute approximate surface area is 83.4 Å². The molecule has 2 aromatic rings. The van der Waals surface area contributed by atoms with Crippen molar-refractivity contribution in [2.75, 3.05) is 0 Å². The predicted octanol–water partition coefficient (Wildman–Crippen LogP) is 3.00. The van der Waals surface area contributed by atoms with Gasteiger partial charge in [0.1, 0.15) is 5.82 Å². The second-order valence-electron chi connectivity index (χ2n) is 4.52. The third kappa shape index (κ3) is 0.999. The maximum atomic E-state index is 4.65. The summed E-state index contributed by atoms with van der Waals surface area (Å²) in [4.78, 5) is 8.08. The zero-order valence-electron chi connectivity index (χ0n) is 8.38. The van der Waals surface area contributed by atoms with Crippen molar-refractivity contribution in [2.24, 2.45) is 0 Å². The minimum absolute atomic E-state index is 0.318. The van der Waals surface area contributed by atoms with Gasteiger partial charge in [-0.1, -0.05) is 25.5 Å². The number of hydrogen-bond donors (Lipinski definition) is 1.